The molecule has 0 radical (unpaired) electrons. The lowest BCUT2D eigenvalue weighted by Crippen LogP contribution is -2.22. The van der Waals surface area contributed by atoms with E-state index < -0.39 is 16.5 Å². The van der Waals surface area contributed by atoms with E-state index in [2.05, 4.69) is 0 Å². The van der Waals surface area contributed by atoms with Gasteiger partial charge >= 0.3 is 5.97 Å². The summed E-state index contributed by atoms with van der Waals surface area (Å²) in [5, 5.41) is 10.5. The predicted octanol–water partition coefficient (Wildman–Crippen LogP) is 3.34. The minimum atomic E-state index is -0.538. The van der Waals surface area contributed by atoms with Crippen molar-refractivity contribution in [1.82, 2.24) is 0 Å². The van der Waals surface area contributed by atoms with Crippen molar-refractivity contribution in [3.05, 3.63) is 46.0 Å². The number of ether oxygens (including phenoxy) is 1. The summed E-state index contributed by atoms with van der Waals surface area (Å²) in [4.78, 5) is 21.7. The van der Waals surface area contributed by atoms with Crippen LogP contribution in [0.15, 0.2) is 30.3 Å². The molecule has 19 heavy (non-hydrogen) atoms. The maximum absolute atomic E-state index is 11.6. The van der Waals surface area contributed by atoms with Gasteiger partial charge in [-0.25, -0.2) is 4.79 Å². The van der Waals surface area contributed by atoms with Crippen LogP contribution in [0.4, 0.5) is 5.69 Å². The molecule has 0 atom stereocenters. The summed E-state index contributed by atoms with van der Waals surface area (Å²) in [6.45, 7) is 7.13. The van der Waals surface area contributed by atoms with Crippen LogP contribution in [0.1, 0.15) is 33.3 Å². The first-order chi connectivity index (χ1) is 8.69. The molecule has 1 aromatic carbocycles. The zero-order valence-corrected chi connectivity index (χ0v) is 11.5. The zero-order valence-electron chi connectivity index (χ0n) is 11.5. The van der Waals surface area contributed by atoms with Crippen molar-refractivity contribution in [1.29, 1.82) is 0 Å². The fraction of sp³-hybridized carbons (Fsp3) is 0.357. The van der Waals surface area contributed by atoms with Crippen molar-refractivity contribution in [2.24, 2.45) is 0 Å². The van der Waals surface area contributed by atoms with Crippen molar-refractivity contribution in [3.63, 3.8) is 0 Å². The number of nitrogens with zero attached hydrogens (tertiary/aromatic N) is 1. The average molecular weight is 263 g/mol. The Labute approximate surface area is 112 Å². The largest absolute Gasteiger partial charge is 0.457 e. The van der Waals surface area contributed by atoms with Crippen LogP contribution in [0.25, 0.3) is 5.57 Å². The van der Waals surface area contributed by atoms with Gasteiger partial charge in [0.1, 0.15) is 5.60 Å². The first-order valence-corrected chi connectivity index (χ1v) is 5.85. The van der Waals surface area contributed by atoms with E-state index in [1.165, 1.54) is 18.2 Å². The van der Waals surface area contributed by atoms with E-state index in [9.17, 15) is 14.9 Å². The summed E-state index contributed by atoms with van der Waals surface area (Å²) in [5.41, 5.74) is 0.929. The normalized spacial score (nSPS) is 12.1. The van der Waals surface area contributed by atoms with Crippen molar-refractivity contribution >= 4 is 17.2 Å². The van der Waals surface area contributed by atoms with E-state index in [0.29, 0.717) is 5.57 Å². The molecule has 0 heterocycles. The van der Waals surface area contributed by atoms with E-state index in [1.54, 1.807) is 39.8 Å². The molecule has 5 heteroatoms. The molecule has 0 aliphatic heterocycles. The van der Waals surface area contributed by atoms with Gasteiger partial charge in [0, 0.05) is 18.2 Å². The van der Waals surface area contributed by atoms with Gasteiger partial charge in [-0.3, -0.25) is 10.1 Å². The van der Waals surface area contributed by atoms with Gasteiger partial charge in [0.25, 0.3) is 5.69 Å². The molecule has 0 aliphatic carbocycles. The second-order valence-electron chi connectivity index (χ2n) is 5.16. The van der Waals surface area contributed by atoms with Gasteiger partial charge in [-0.1, -0.05) is 0 Å². The molecule has 0 aliphatic rings. The fourth-order valence-corrected chi connectivity index (χ4v) is 1.44. The van der Waals surface area contributed by atoms with Crippen LogP contribution in [0.5, 0.6) is 0 Å². The molecule has 0 unspecified atom stereocenters. The molecule has 5 nitrogen and oxygen atoms in total. The Bertz CT molecular complexity index is 509. The molecule has 1 aromatic rings. The minimum absolute atomic E-state index is 0.0221. The Kier molecular flexibility index (Phi) is 4.43. The number of rotatable bonds is 3. The number of carbonyl (C=O) groups excluding carboxylic acids is 1. The summed E-state index contributed by atoms with van der Waals surface area (Å²) in [6.07, 6.45) is 1.38. The number of carbonyl (C=O) groups is 1. The van der Waals surface area contributed by atoms with Gasteiger partial charge in [0.05, 0.1) is 4.92 Å². The number of benzene rings is 1. The first kappa shape index (κ1) is 14.9. The Morgan fingerprint density at radius 2 is 1.79 bits per heavy atom. The van der Waals surface area contributed by atoms with E-state index in [-0.39, 0.29) is 5.69 Å². The van der Waals surface area contributed by atoms with Crippen LogP contribution >= 0.6 is 0 Å². The van der Waals surface area contributed by atoms with E-state index in [1.807, 2.05) is 0 Å². The van der Waals surface area contributed by atoms with Gasteiger partial charge in [0.2, 0.25) is 0 Å². The lowest BCUT2D eigenvalue weighted by atomic mass is 10.1. The molecule has 0 bridgehead atoms. The molecule has 0 N–H and O–H groups in total. The third kappa shape index (κ3) is 4.91. The Balaban J connectivity index is 2.85. The second-order valence-corrected chi connectivity index (χ2v) is 5.16. The maximum Gasteiger partial charge on any atom is 0.331 e. The number of hydrogen-bond acceptors (Lipinski definition) is 4. The van der Waals surface area contributed by atoms with Crippen molar-refractivity contribution in [3.8, 4) is 0 Å². The molecular formula is C14H17NO4. The Hall–Kier alpha value is -2.17. The third-order valence-electron chi connectivity index (χ3n) is 2.27. The third-order valence-corrected chi connectivity index (χ3v) is 2.27. The Morgan fingerprint density at radius 3 is 2.21 bits per heavy atom. The molecular weight excluding hydrogens is 246 g/mol. The standard InChI is InChI=1S/C14H17NO4/c1-10(9-13(16)19-14(2,3)4)11-5-7-12(8-6-11)15(17)18/h5-9H,1-4H3/b10-9+. The van der Waals surface area contributed by atoms with E-state index >= 15 is 0 Å². The lowest BCUT2D eigenvalue weighted by molar-refractivity contribution is -0.384. The maximum atomic E-state index is 11.6. The summed E-state index contributed by atoms with van der Waals surface area (Å²) in [6, 6.07) is 6.02. The van der Waals surface area contributed by atoms with Crippen LogP contribution in [0.2, 0.25) is 0 Å². The fourth-order valence-electron chi connectivity index (χ4n) is 1.44. The van der Waals surface area contributed by atoms with Gasteiger partial charge in [0.15, 0.2) is 0 Å². The smallest absolute Gasteiger partial charge is 0.331 e. The van der Waals surface area contributed by atoms with Crippen LogP contribution in [-0.4, -0.2) is 16.5 Å². The monoisotopic (exact) mass is 263 g/mol. The highest BCUT2D eigenvalue weighted by molar-refractivity contribution is 5.91. The van der Waals surface area contributed by atoms with Crippen LogP contribution in [0.3, 0.4) is 0 Å². The zero-order chi connectivity index (χ0) is 14.6. The summed E-state index contributed by atoms with van der Waals surface area (Å²) in [5.74, 6) is -0.427. The number of hydrogen-bond donors (Lipinski definition) is 0. The van der Waals surface area contributed by atoms with Crippen molar-refractivity contribution in [2.75, 3.05) is 0 Å². The number of esters is 1. The van der Waals surface area contributed by atoms with Gasteiger partial charge in [-0.2, -0.15) is 0 Å². The predicted molar refractivity (Wildman–Crippen MR) is 72.6 cm³/mol. The topological polar surface area (TPSA) is 69.4 Å². The molecule has 0 saturated heterocycles. The van der Waals surface area contributed by atoms with E-state index in [0.717, 1.165) is 5.56 Å². The van der Waals surface area contributed by atoms with Crippen molar-refractivity contribution < 1.29 is 14.5 Å². The van der Waals surface area contributed by atoms with Crippen LogP contribution in [0, 0.1) is 10.1 Å². The van der Waals surface area contributed by atoms with Crippen molar-refractivity contribution in [2.45, 2.75) is 33.3 Å². The molecule has 1 rings (SSSR count). The van der Waals surface area contributed by atoms with Gasteiger partial charge in [-0.15, -0.1) is 0 Å². The molecule has 0 fully saturated rings. The summed E-state index contributed by atoms with van der Waals surface area (Å²) >= 11 is 0. The van der Waals surface area contributed by atoms with Crippen LogP contribution < -0.4 is 0 Å². The number of non-ortho nitro benzene ring substituents is 1. The molecule has 0 spiro atoms. The highest BCUT2D eigenvalue weighted by Gasteiger charge is 2.15. The summed E-state index contributed by atoms with van der Waals surface area (Å²) < 4.78 is 5.17. The van der Waals surface area contributed by atoms with Gasteiger partial charge < -0.3 is 4.74 Å². The Morgan fingerprint density at radius 1 is 1.26 bits per heavy atom. The quantitative estimate of drug-likeness (QED) is 0.363. The van der Waals surface area contributed by atoms with Crippen LogP contribution in [-0.2, 0) is 9.53 Å². The molecule has 0 amide bonds. The summed E-state index contributed by atoms with van der Waals surface area (Å²) in [7, 11) is 0. The minimum Gasteiger partial charge on any atom is -0.457 e. The number of nitro groups is 1. The van der Waals surface area contributed by atoms with E-state index in [4.69, 9.17) is 4.74 Å². The van der Waals surface area contributed by atoms with Gasteiger partial charge in [-0.05, 0) is 51.0 Å². The first-order valence-electron chi connectivity index (χ1n) is 5.85. The molecule has 0 saturated carbocycles. The highest BCUT2D eigenvalue weighted by atomic mass is 16.6. The number of allylic oxidation sites excluding steroid dienone is 1. The average Bonchev–Trinajstić information content (AvgIpc) is 2.26. The SMILES string of the molecule is C/C(=C\C(=O)OC(C)(C)C)c1ccc([N+](=O)[O-])cc1. The second kappa shape index (κ2) is 5.65. The number of nitro benzene ring substituents is 1. The molecule has 102 valence electrons. The highest BCUT2D eigenvalue weighted by Crippen LogP contribution is 2.19. The molecule has 0 aromatic heterocycles. The lowest BCUT2D eigenvalue weighted by Gasteiger charge is -2.18.